The molecule has 1 aliphatic carbocycles. The number of aromatic amines is 2. The summed E-state index contributed by atoms with van der Waals surface area (Å²) in [5.74, 6) is 0.500. The average molecular weight is 439 g/mol. The highest BCUT2D eigenvalue weighted by Gasteiger charge is 2.23. The van der Waals surface area contributed by atoms with Gasteiger partial charge in [0.05, 0.1) is 0 Å². The van der Waals surface area contributed by atoms with Crippen LogP contribution in [-0.2, 0) is 12.8 Å². The smallest absolute Gasteiger partial charge is 0.0444 e. The first-order chi connectivity index (χ1) is 15.2. The van der Waals surface area contributed by atoms with Crippen molar-refractivity contribution in [2.24, 2.45) is 0 Å². The van der Waals surface area contributed by atoms with E-state index >= 15 is 0 Å². The number of aromatic nitrogens is 2. The molecule has 1 atom stereocenters. The molecular formula is C28H46N4. The molecule has 0 saturated carbocycles. The van der Waals surface area contributed by atoms with Crippen molar-refractivity contribution in [1.29, 1.82) is 0 Å². The predicted molar refractivity (Wildman–Crippen MR) is 139 cm³/mol. The second-order valence-electron chi connectivity index (χ2n) is 10.5. The van der Waals surface area contributed by atoms with Gasteiger partial charge in [0.1, 0.15) is 0 Å². The molecule has 0 saturated heterocycles. The van der Waals surface area contributed by atoms with Gasteiger partial charge in [0, 0.05) is 28.7 Å². The number of nitrogens with zero attached hydrogens (tertiary/aromatic N) is 2. The second-order valence-corrected chi connectivity index (χ2v) is 10.5. The lowest BCUT2D eigenvalue weighted by Crippen LogP contribution is -2.13. The van der Waals surface area contributed by atoms with Gasteiger partial charge in [-0.15, -0.1) is 0 Å². The van der Waals surface area contributed by atoms with Crippen LogP contribution in [0.25, 0.3) is 5.57 Å². The Bertz CT molecular complexity index is 926. The van der Waals surface area contributed by atoms with Crippen LogP contribution in [0.2, 0.25) is 0 Å². The molecule has 0 fully saturated rings. The van der Waals surface area contributed by atoms with Gasteiger partial charge in [0.25, 0.3) is 0 Å². The van der Waals surface area contributed by atoms with E-state index < -0.39 is 0 Å². The minimum Gasteiger partial charge on any atom is -0.361 e. The van der Waals surface area contributed by atoms with Crippen molar-refractivity contribution in [3.63, 3.8) is 0 Å². The zero-order valence-electron chi connectivity index (χ0n) is 21.9. The summed E-state index contributed by atoms with van der Waals surface area (Å²) < 4.78 is 0. The van der Waals surface area contributed by atoms with Crippen molar-refractivity contribution in [2.45, 2.75) is 78.6 Å². The first-order valence-electron chi connectivity index (χ1n) is 12.6. The summed E-state index contributed by atoms with van der Waals surface area (Å²) in [6.07, 6.45) is 10.9. The minimum atomic E-state index is 0.500. The summed E-state index contributed by atoms with van der Waals surface area (Å²) in [6, 6.07) is 0. The van der Waals surface area contributed by atoms with E-state index in [-0.39, 0.29) is 0 Å². The van der Waals surface area contributed by atoms with E-state index in [1.807, 2.05) is 0 Å². The first kappa shape index (κ1) is 24.9. The fourth-order valence-corrected chi connectivity index (χ4v) is 5.22. The summed E-state index contributed by atoms with van der Waals surface area (Å²) >= 11 is 0. The summed E-state index contributed by atoms with van der Waals surface area (Å²) in [5, 5.41) is 0. The summed E-state index contributed by atoms with van der Waals surface area (Å²) in [4.78, 5) is 12.2. The van der Waals surface area contributed by atoms with Gasteiger partial charge in [0.2, 0.25) is 0 Å². The molecule has 178 valence electrons. The van der Waals surface area contributed by atoms with Gasteiger partial charge in [-0.3, -0.25) is 0 Å². The van der Waals surface area contributed by atoms with Crippen LogP contribution < -0.4 is 0 Å². The van der Waals surface area contributed by atoms with E-state index in [0.717, 1.165) is 25.9 Å². The van der Waals surface area contributed by atoms with Crippen molar-refractivity contribution in [1.82, 2.24) is 19.8 Å². The maximum absolute atomic E-state index is 3.86. The molecule has 2 aromatic heterocycles. The molecule has 0 aliphatic heterocycles. The lowest BCUT2D eigenvalue weighted by atomic mass is 9.85. The number of H-pyrrole nitrogens is 2. The van der Waals surface area contributed by atoms with Gasteiger partial charge in [0.15, 0.2) is 0 Å². The number of nitrogens with one attached hydrogen (secondary N) is 2. The molecule has 1 unspecified atom stereocenters. The maximum atomic E-state index is 3.86. The van der Waals surface area contributed by atoms with Crippen molar-refractivity contribution in [3.05, 3.63) is 51.1 Å². The molecule has 0 spiro atoms. The van der Waals surface area contributed by atoms with Crippen LogP contribution in [0.3, 0.4) is 0 Å². The molecule has 0 amide bonds. The Balaban J connectivity index is 1.80. The number of hydrogen-bond donors (Lipinski definition) is 2. The number of hydrogen-bond acceptors (Lipinski definition) is 2. The van der Waals surface area contributed by atoms with Gasteiger partial charge in [-0.2, -0.15) is 0 Å². The third-order valence-electron chi connectivity index (χ3n) is 7.49. The number of allylic oxidation sites excluding steroid dienone is 2. The average Bonchev–Trinajstić information content (AvgIpc) is 3.19. The zero-order valence-corrected chi connectivity index (χ0v) is 21.9. The molecule has 0 radical (unpaired) electrons. The molecule has 2 N–H and O–H groups in total. The number of aryl methyl sites for hydroxylation is 2. The van der Waals surface area contributed by atoms with Crippen LogP contribution in [0, 0.1) is 27.7 Å². The Morgan fingerprint density at radius 3 is 1.94 bits per heavy atom. The predicted octanol–water partition coefficient (Wildman–Crippen LogP) is 5.92. The van der Waals surface area contributed by atoms with Crippen LogP contribution in [-0.4, -0.2) is 61.0 Å². The van der Waals surface area contributed by atoms with Gasteiger partial charge in [-0.05, 0) is 142 Å². The normalized spacial score (nSPS) is 16.9. The maximum Gasteiger partial charge on any atom is 0.0444 e. The highest BCUT2D eigenvalue weighted by Crippen LogP contribution is 2.39. The molecule has 0 aromatic carbocycles. The molecule has 2 aromatic rings. The lowest BCUT2D eigenvalue weighted by molar-refractivity contribution is 0.399. The van der Waals surface area contributed by atoms with E-state index in [1.54, 1.807) is 0 Å². The highest BCUT2D eigenvalue weighted by molar-refractivity contribution is 5.69. The van der Waals surface area contributed by atoms with Crippen LogP contribution in [0.1, 0.15) is 83.1 Å². The monoisotopic (exact) mass is 438 g/mol. The molecule has 0 bridgehead atoms. The van der Waals surface area contributed by atoms with Crippen LogP contribution in [0.5, 0.6) is 0 Å². The fraction of sp³-hybridized carbons (Fsp3) is 0.643. The lowest BCUT2D eigenvalue weighted by Gasteiger charge is -2.21. The zero-order chi connectivity index (χ0) is 23.4. The van der Waals surface area contributed by atoms with Crippen LogP contribution >= 0.6 is 0 Å². The topological polar surface area (TPSA) is 38.1 Å². The quantitative estimate of drug-likeness (QED) is 0.483. The second kappa shape index (κ2) is 10.9. The van der Waals surface area contributed by atoms with Crippen LogP contribution in [0.4, 0.5) is 0 Å². The Labute approximate surface area is 196 Å². The van der Waals surface area contributed by atoms with E-state index in [4.69, 9.17) is 0 Å². The minimum absolute atomic E-state index is 0.500. The summed E-state index contributed by atoms with van der Waals surface area (Å²) in [5.41, 5.74) is 13.1. The van der Waals surface area contributed by atoms with Gasteiger partial charge in [-0.1, -0.05) is 6.08 Å². The van der Waals surface area contributed by atoms with Crippen LogP contribution in [0.15, 0.2) is 6.08 Å². The van der Waals surface area contributed by atoms with Gasteiger partial charge >= 0.3 is 0 Å². The molecule has 4 heteroatoms. The Morgan fingerprint density at radius 1 is 0.781 bits per heavy atom. The van der Waals surface area contributed by atoms with Gasteiger partial charge < -0.3 is 19.8 Å². The molecule has 2 heterocycles. The van der Waals surface area contributed by atoms with Gasteiger partial charge in [-0.25, -0.2) is 0 Å². The molecule has 1 aliphatic rings. The largest absolute Gasteiger partial charge is 0.361 e. The molecule has 32 heavy (non-hydrogen) atoms. The van der Waals surface area contributed by atoms with Crippen molar-refractivity contribution >= 4 is 5.57 Å². The highest BCUT2D eigenvalue weighted by atomic mass is 15.0. The summed E-state index contributed by atoms with van der Waals surface area (Å²) in [6.45, 7) is 11.5. The summed E-state index contributed by atoms with van der Waals surface area (Å²) in [7, 11) is 8.63. The van der Waals surface area contributed by atoms with Crippen molar-refractivity contribution in [3.8, 4) is 0 Å². The molecular weight excluding hydrogens is 392 g/mol. The van der Waals surface area contributed by atoms with Crippen molar-refractivity contribution in [2.75, 3.05) is 41.3 Å². The first-order valence-corrected chi connectivity index (χ1v) is 12.6. The third kappa shape index (κ3) is 5.77. The van der Waals surface area contributed by atoms with E-state index in [9.17, 15) is 0 Å². The fourth-order valence-electron chi connectivity index (χ4n) is 5.22. The standard InChI is InChI=1S/C28H46N4/c1-19-21(3)27(29-25(19)14-10-16-31(5)6)23-12-9-13-24(18-23)28-22(4)20(2)26(30-28)15-11-17-32(7)8/h18,23,29-30H,9-17H2,1-8H3. The van der Waals surface area contributed by atoms with E-state index in [0.29, 0.717) is 5.92 Å². The Hall–Kier alpha value is -1.78. The SMILES string of the molecule is Cc1c(CCCN(C)C)[nH]c(C2=CC(c3[nH]c(CCCN(C)C)c(C)c3C)CCC2)c1C. The van der Waals surface area contributed by atoms with E-state index in [1.165, 1.54) is 82.7 Å². The Morgan fingerprint density at radius 2 is 1.34 bits per heavy atom. The number of rotatable bonds is 10. The molecule has 4 nitrogen and oxygen atoms in total. The molecule has 3 rings (SSSR count). The third-order valence-corrected chi connectivity index (χ3v) is 7.49. The Kier molecular flexibility index (Phi) is 8.46. The van der Waals surface area contributed by atoms with E-state index in [2.05, 4.69) is 81.7 Å². The van der Waals surface area contributed by atoms with Crippen molar-refractivity contribution < 1.29 is 0 Å².